The van der Waals surface area contributed by atoms with Crippen molar-refractivity contribution >= 4 is 12.3 Å². The Morgan fingerprint density at radius 3 is 2.43 bits per heavy atom. The number of hydrogen-bond acceptors (Lipinski definition) is 6. The van der Waals surface area contributed by atoms with E-state index >= 15 is 0 Å². The first-order valence-electron chi connectivity index (χ1n) is 8.42. The standard InChI is InChI=1S/C14H15N3O3.C6H5NO/c1-10-4-6-17(14(20)12(10)7-13(18)19)16-9-11-3-2-5-15-8-11;8-5-6-2-1-3-7-4-6/h2-6,8,16H,7,9H2,1H3,(H,18,19);1-5H. The second-order valence-corrected chi connectivity index (χ2v) is 5.82. The number of aromatic nitrogens is 3. The molecule has 0 radical (unpaired) electrons. The second kappa shape index (κ2) is 10.4. The topological polar surface area (TPSA) is 114 Å². The lowest BCUT2D eigenvalue weighted by Gasteiger charge is -2.12. The van der Waals surface area contributed by atoms with E-state index in [0.717, 1.165) is 11.8 Å². The molecule has 0 aliphatic heterocycles. The van der Waals surface area contributed by atoms with Crippen LogP contribution in [0.25, 0.3) is 0 Å². The van der Waals surface area contributed by atoms with E-state index in [9.17, 15) is 14.4 Å². The Morgan fingerprint density at radius 1 is 1.18 bits per heavy atom. The fourth-order valence-electron chi connectivity index (χ4n) is 2.28. The summed E-state index contributed by atoms with van der Waals surface area (Å²) in [6.07, 6.45) is 8.61. The molecule has 3 heterocycles. The molecule has 0 aromatic carbocycles. The quantitative estimate of drug-likeness (QED) is 0.627. The lowest BCUT2D eigenvalue weighted by Crippen LogP contribution is -2.32. The molecule has 0 aliphatic rings. The van der Waals surface area contributed by atoms with E-state index in [0.29, 0.717) is 23.2 Å². The van der Waals surface area contributed by atoms with Gasteiger partial charge in [-0.25, -0.2) is 4.68 Å². The van der Waals surface area contributed by atoms with Crippen LogP contribution in [0.15, 0.2) is 66.1 Å². The summed E-state index contributed by atoms with van der Waals surface area (Å²) < 4.78 is 1.30. The zero-order valence-corrected chi connectivity index (χ0v) is 15.3. The smallest absolute Gasteiger partial charge is 0.308 e. The van der Waals surface area contributed by atoms with Gasteiger partial charge in [-0.1, -0.05) is 6.07 Å². The zero-order chi connectivity index (χ0) is 20.4. The van der Waals surface area contributed by atoms with Gasteiger partial charge in [0.15, 0.2) is 6.29 Å². The third-order valence-electron chi connectivity index (χ3n) is 3.75. The summed E-state index contributed by atoms with van der Waals surface area (Å²) in [5, 5.41) is 8.84. The Labute approximate surface area is 161 Å². The van der Waals surface area contributed by atoms with Crippen LogP contribution in [-0.2, 0) is 17.8 Å². The Balaban J connectivity index is 0.000000292. The highest BCUT2D eigenvalue weighted by atomic mass is 16.4. The van der Waals surface area contributed by atoms with Crippen molar-refractivity contribution in [3.63, 3.8) is 0 Å². The molecular formula is C20H20N4O4. The first-order valence-corrected chi connectivity index (χ1v) is 8.42. The van der Waals surface area contributed by atoms with Gasteiger partial charge in [-0.15, -0.1) is 0 Å². The van der Waals surface area contributed by atoms with Gasteiger partial charge in [0, 0.05) is 42.1 Å². The molecule has 8 heteroatoms. The van der Waals surface area contributed by atoms with Crippen LogP contribution in [-0.4, -0.2) is 32.0 Å². The molecule has 0 spiro atoms. The summed E-state index contributed by atoms with van der Waals surface area (Å²) in [6, 6.07) is 8.85. The minimum absolute atomic E-state index is 0.278. The number of pyridine rings is 3. The molecule has 0 saturated carbocycles. The summed E-state index contributed by atoms with van der Waals surface area (Å²) in [6.45, 7) is 2.16. The van der Waals surface area contributed by atoms with Gasteiger partial charge in [0.1, 0.15) is 0 Å². The van der Waals surface area contributed by atoms with Crippen LogP contribution >= 0.6 is 0 Å². The van der Waals surface area contributed by atoms with Gasteiger partial charge in [0.25, 0.3) is 5.56 Å². The number of nitrogens with zero attached hydrogens (tertiary/aromatic N) is 3. The molecule has 0 unspecified atom stereocenters. The predicted molar refractivity (Wildman–Crippen MR) is 104 cm³/mol. The largest absolute Gasteiger partial charge is 0.481 e. The van der Waals surface area contributed by atoms with Gasteiger partial charge in [-0.3, -0.25) is 24.4 Å². The number of carboxylic acids is 1. The second-order valence-electron chi connectivity index (χ2n) is 5.82. The van der Waals surface area contributed by atoms with E-state index in [-0.39, 0.29) is 12.0 Å². The average Bonchev–Trinajstić information content (AvgIpc) is 2.72. The molecule has 0 aliphatic carbocycles. The van der Waals surface area contributed by atoms with Crippen LogP contribution in [0.1, 0.15) is 27.0 Å². The van der Waals surface area contributed by atoms with Crippen LogP contribution in [0.3, 0.4) is 0 Å². The fraction of sp³-hybridized carbons (Fsp3) is 0.150. The third-order valence-corrected chi connectivity index (χ3v) is 3.75. The molecule has 3 rings (SSSR count). The van der Waals surface area contributed by atoms with E-state index in [1.807, 2.05) is 12.1 Å². The van der Waals surface area contributed by atoms with Gasteiger partial charge in [0.2, 0.25) is 0 Å². The summed E-state index contributed by atoms with van der Waals surface area (Å²) >= 11 is 0. The van der Waals surface area contributed by atoms with Gasteiger partial charge < -0.3 is 10.5 Å². The van der Waals surface area contributed by atoms with Gasteiger partial charge in [0.05, 0.1) is 13.0 Å². The number of aldehydes is 1. The Morgan fingerprint density at radius 2 is 1.89 bits per heavy atom. The number of aryl methyl sites for hydroxylation is 1. The molecule has 3 aromatic heterocycles. The van der Waals surface area contributed by atoms with Crippen molar-refractivity contribution in [3.05, 3.63) is 93.9 Å². The molecule has 0 saturated heterocycles. The van der Waals surface area contributed by atoms with Crippen molar-refractivity contribution in [2.24, 2.45) is 0 Å². The van der Waals surface area contributed by atoms with E-state index in [2.05, 4.69) is 15.4 Å². The van der Waals surface area contributed by atoms with Crippen LogP contribution in [0.2, 0.25) is 0 Å². The molecule has 3 aromatic rings. The molecule has 0 amide bonds. The molecule has 0 bridgehead atoms. The van der Waals surface area contributed by atoms with Gasteiger partial charge >= 0.3 is 5.97 Å². The molecule has 0 atom stereocenters. The Hall–Kier alpha value is -3.81. The van der Waals surface area contributed by atoms with Crippen molar-refractivity contribution in [3.8, 4) is 0 Å². The number of carbonyl (C=O) groups is 2. The average molecular weight is 380 g/mol. The van der Waals surface area contributed by atoms with Crippen molar-refractivity contribution in [2.75, 3.05) is 5.43 Å². The molecule has 144 valence electrons. The number of hydrogen-bond donors (Lipinski definition) is 2. The minimum Gasteiger partial charge on any atom is -0.481 e. The number of nitrogens with one attached hydrogen (secondary N) is 1. The monoisotopic (exact) mass is 380 g/mol. The predicted octanol–water partition coefficient (Wildman–Crippen LogP) is 1.82. The van der Waals surface area contributed by atoms with E-state index in [1.54, 1.807) is 49.9 Å². The Bertz CT molecular complexity index is 973. The van der Waals surface area contributed by atoms with Crippen LogP contribution < -0.4 is 11.0 Å². The van der Waals surface area contributed by atoms with Crippen LogP contribution in [0.4, 0.5) is 0 Å². The highest BCUT2D eigenvalue weighted by Gasteiger charge is 2.10. The van der Waals surface area contributed by atoms with Crippen LogP contribution in [0.5, 0.6) is 0 Å². The number of carbonyl (C=O) groups excluding carboxylic acids is 1. The minimum atomic E-state index is -1.02. The lowest BCUT2D eigenvalue weighted by atomic mass is 10.1. The fourth-order valence-corrected chi connectivity index (χ4v) is 2.28. The normalized spacial score (nSPS) is 9.75. The first kappa shape index (κ1) is 20.5. The lowest BCUT2D eigenvalue weighted by molar-refractivity contribution is -0.136. The SMILES string of the molecule is Cc1ccn(NCc2cccnc2)c(=O)c1CC(=O)O.O=Cc1cccnc1. The number of rotatable bonds is 6. The first-order chi connectivity index (χ1) is 13.5. The summed E-state index contributed by atoms with van der Waals surface area (Å²) in [5.74, 6) is -1.02. The molecular weight excluding hydrogens is 360 g/mol. The van der Waals surface area contributed by atoms with E-state index in [1.165, 1.54) is 10.9 Å². The third kappa shape index (κ3) is 6.17. The number of carboxylic acid groups (broad SMARTS) is 1. The van der Waals surface area contributed by atoms with Crippen molar-refractivity contribution in [1.29, 1.82) is 0 Å². The number of aliphatic carboxylic acids is 1. The maximum atomic E-state index is 12.2. The molecule has 28 heavy (non-hydrogen) atoms. The van der Waals surface area contributed by atoms with E-state index in [4.69, 9.17) is 5.11 Å². The maximum Gasteiger partial charge on any atom is 0.308 e. The molecule has 0 fully saturated rings. The van der Waals surface area contributed by atoms with Crippen molar-refractivity contribution in [1.82, 2.24) is 14.6 Å². The maximum absolute atomic E-state index is 12.2. The van der Waals surface area contributed by atoms with E-state index < -0.39 is 5.97 Å². The highest BCUT2D eigenvalue weighted by molar-refractivity contribution is 5.73. The summed E-state index contributed by atoms with van der Waals surface area (Å²) in [5.41, 5.74) is 5.12. The van der Waals surface area contributed by atoms with Crippen molar-refractivity contribution < 1.29 is 14.7 Å². The van der Waals surface area contributed by atoms with Gasteiger partial charge in [-0.2, -0.15) is 0 Å². The molecule has 8 nitrogen and oxygen atoms in total. The molecule has 2 N–H and O–H groups in total. The Kier molecular flexibility index (Phi) is 7.59. The van der Waals surface area contributed by atoms with Gasteiger partial charge in [-0.05, 0) is 42.3 Å². The summed E-state index contributed by atoms with van der Waals surface area (Å²) in [4.78, 5) is 40.6. The zero-order valence-electron chi connectivity index (χ0n) is 15.3. The van der Waals surface area contributed by atoms with Crippen LogP contribution in [0, 0.1) is 6.92 Å². The highest BCUT2D eigenvalue weighted by Crippen LogP contribution is 2.03. The van der Waals surface area contributed by atoms with Crippen molar-refractivity contribution in [2.45, 2.75) is 19.9 Å². The summed E-state index contributed by atoms with van der Waals surface area (Å²) in [7, 11) is 0.